The van der Waals surface area contributed by atoms with E-state index in [0.29, 0.717) is 17.7 Å². The predicted octanol–water partition coefficient (Wildman–Crippen LogP) is 4.12. The summed E-state index contributed by atoms with van der Waals surface area (Å²) in [6.07, 6.45) is 7.02. The maximum atomic E-state index is 12.2. The largest absolute Gasteiger partial charge is 0.354 e. The van der Waals surface area contributed by atoms with Gasteiger partial charge >= 0.3 is 0 Å². The summed E-state index contributed by atoms with van der Waals surface area (Å²) in [5, 5.41) is 8.96. The van der Waals surface area contributed by atoms with Crippen LogP contribution in [0.2, 0.25) is 0 Å². The average Bonchev–Trinajstić information content (AvgIpc) is 3.25. The molecule has 4 nitrogen and oxygen atoms in total. The molecule has 1 saturated carbocycles. The normalized spacial score (nSPS) is 14.4. The fourth-order valence-corrected chi connectivity index (χ4v) is 4.63. The Kier molecular flexibility index (Phi) is 8.30. The van der Waals surface area contributed by atoms with E-state index in [9.17, 15) is 4.79 Å². The molecular formula is C22H29N3OS2. The van der Waals surface area contributed by atoms with Crippen LogP contribution in [0.25, 0.3) is 0 Å². The van der Waals surface area contributed by atoms with E-state index in [-0.39, 0.29) is 12.5 Å². The number of thiophene rings is 1. The highest BCUT2D eigenvalue weighted by atomic mass is 32.1. The molecule has 0 atom stereocenters. The van der Waals surface area contributed by atoms with Gasteiger partial charge in [0.25, 0.3) is 0 Å². The molecule has 0 radical (unpaired) electrons. The Hall–Kier alpha value is -1.92. The minimum absolute atomic E-state index is 0.0157. The number of carbonyl (C=O) groups excluding carboxylic acids is 1. The van der Waals surface area contributed by atoms with Crippen LogP contribution in [0.5, 0.6) is 0 Å². The van der Waals surface area contributed by atoms with Gasteiger partial charge in [-0.25, -0.2) is 0 Å². The molecule has 28 heavy (non-hydrogen) atoms. The zero-order valence-corrected chi connectivity index (χ0v) is 17.9. The Morgan fingerprint density at radius 2 is 1.86 bits per heavy atom. The third-order valence-corrected chi connectivity index (χ3v) is 6.40. The van der Waals surface area contributed by atoms with Gasteiger partial charge in [0.15, 0.2) is 5.11 Å². The van der Waals surface area contributed by atoms with Crippen molar-refractivity contribution >= 4 is 34.6 Å². The van der Waals surface area contributed by atoms with E-state index in [4.69, 9.17) is 12.2 Å². The van der Waals surface area contributed by atoms with Gasteiger partial charge in [-0.05, 0) is 48.5 Å². The minimum Gasteiger partial charge on any atom is -0.354 e. The maximum Gasteiger partial charge on any atom is 0.239 e. The Morgan fingerprint density at radius 3 is 2.57 bits per heavy atom. The van der Waals surface area contributed by atoms with Gasteiger partial charge in [-0.2, -0.15) is 0 Å². The molecule has 1 aliphatic carbocycles. The summed E-state index contributed by atoms with van der Waals surface area (Å²) >= 11 is 7.43. The summed E-state index contributed by atoms with van der Waals surface area (Å²) in [4.78, 5) is 15.8. The van der Waals surface area contributed by atoms with Gasteiger partial charge in [0.2, 0.25) is 5.91 Å². The topological polar surface area (TPSA) is 44.4 Å². The second-order valence-corrected chi connectivity index (χ2v) is 8.66. The van der Waals surface area contributed by atoms with Gasteiger partial charge in [-0.1, -0.05) is 55.7 Å². The smallest absolute Gasteiger partial charge is 0.239 e. The molecule has 1 heterocycles. The Morgan fingerprint density at radius 1 is 1.07 bits per heavy atom. The predicted molar refractivity (Wildman–Crippen MR) is 120 cm³/mol. The fourth-order valence-electron chi connectivity index (χ4n) is 3.64. The molecule has 1 amide bonds. The van der Waals surface area contributed by atoms with E-state index in [0.717, 1.165) is 13.0 Å². The SMILES string of the molecule is O=C(CNC(=S)N(Cc1cccs1)C1CCCCC1)NCCc1ccccc1. The Balaban J connectivity index is 1.46. The van der Waals surface area contributed by atoms with Gasteiger partial charge in [-0.3, -0.25) is 4.79 Å². The first-order chi connectivity index (χ1) is 13.7. The van der Waals surface area contributed by atoms with Crippen molar-refractivity contribution < 1.29 is 4.79 Å². The molecule has 2 aromatic rings. The van der Waals surface area contributed by atoms with Crippen molar-refractivity contribution in [3.63, 3.8) is 0 Å². The van der Waals surface area contributed by atoms with Crippen LogP contribution in [0.15, 0.2) is 47.8 Å². The second-order valence-electron chi connectivity index (χ2n) is 7.24. The quantitative estimate of drug-likeness (QED) is 0.637. The van der Waals surface area contributed by atoms with Crippen LogP contribution < -0.4 is 10.6 Å². The van der Waals surface area contributed by atoms with E-state index in [1.807, 2.05) is 18.2 Å². The number of thiocarbonyl (C=S) groups is 1. The van der Waals surface area contributed by atoms with Gasteiger partial charge in [0, 0.05) is 17.5 Å². The van der Waals surface area contributed by atoms with Gasteiger partial charge in [-0.15, -0.1) is 11.3 Å². The van der Waals surface area contributed by atoms with E-state index in [1.54, 1.807) is 11.3 Å². The molecular weight excluding hydrogens is 386 g/mol. The highest BCUT2D eigenvalue weighted by Crippen LogP contribution is 2.25. The molecule has 1 aliphatic rings. The van der Waals surface area contributed by atoms with Crippen molar-refractivity contribution in [1.29, 1.82) is 0 Å². The number of benzene rings is 1. The molecule has 150 valence electrons. The van der Waals surface area contributed by atoms with Crippen LogP contribution in [0.3, 0.4) is 0 Å². The summed E-state index contributed by atoms with van der Waals surface area (Å²) in [6, 6.07) is 14.9. The van der Waals surface area contributed by atoms with Crippen LogP contribution in [0, 0.1) is 0 Å². The Bertz CT molecular complexity index is 728. The summed E-state index contributed by atoms with van der Waals surface area (Å²) in [5.74, 6) is -0.0157. The van der Waals surface area contributed by atoms with Crippen LogP contribution in [0.1, 0.15) is 42.5 Å². The van der Waals surface area contributed by atoms with Crippen molar-refractivity contribution in [2.75, 3.05) is 13.1 Å². The molecule has 2 N–H and O–H groups in total. The minimum atomic E-state index is -0.0157. The molecule has 0 saturated heterocycles. The Labute approximate surface area is 177 Å². The van der Waals surface area contributed by atoms with E-state index >= 15 is 0 Å². The summed E-state index contributed by atoms with van der Waals surface area (Å²) < 4.78 is 0. The molecule has 1 fully saturated rings. The molecule has 6 heteroatoms. The highest BCUT2D eigenvalue weighted by molar-refractivity contribution is 7.80. The summed E-state index contributed by atoms with van der Waals surface area (Å²) in [5.41, 5.74) is 1.23. The van der Waals surface area contributed by atoms with Gasteiger partial charge < -0.3 is 15.5 Å². The molecule has 0 unspecified atom stereocenters. The van der Waals surface area contributed by atoms with Crippen molar-refractivity contribution in [3.8, 4) is 0 Å². The maximum absolute atomic E-state index is 12.2. The first kappa shape index (κ1) is 20.8. The van der Waals surface area contributed by atoms with Crippen molar-refractivity contribution in [3.05, 3.63) is 58.3 Å². The molecule has 0 aliphatic heterocycles. The lowest BCUT2D eigenvalue weighted by Gasteiger charge is -2.36. The monoisotopic (exact) mass is 415 g/mol. The molecule has 1 aromatic carbocycles. The standard InChI is InChI=1S/C22H29N3OS2/c26-21(23-14-13-18-8-3-1-4-9-18)16-24-22(27)25(17-20-12-7-15-28-20)19-10-5-2-6-11-19/h1,3-4,7-9,12,15,19H,2,5-6,10-11,13-14,16-17H2,(H,23,26)(H,24,27). The molecule has 0 spiro atoms. The fraction of sp³-hybridized carbons (Fsp3) is 0.455. The van der Waals surface area contributed by atoms with Crippen LogP contribution >= 0.6 is 23.6 Å². The van der Waals surface area contributed by atoms with Crippen molar-refractivity contribution in [2.24, 2.45) is 0 Å². The van der Waals surface area contributed by atoms with Crippen LogP contribution in [-0.4, -0.2) is 35.1 Å². The number of amides is 1. The zero-order chi connectivity index (χ0) is 19.6. The first-order valence-electron chi connectivity index (χ1n) is 10.1. The van der Waals surface area contributed by atoms with E-state index in [1.165, 1.54) is 42.5 Å². The first-order valence-corrected chi connectivity index (χ1v) is 11.4. The molecule has 0 bridgehead atoms. The zero-order valence-electron chi connectivity index (χ0n) is 16.2. The van der Waals surface area contributed by atoms with Crippen molar-refractivity contribution in [1.82, 2.24) is 15.5 Å². The van der Waals surface area contributed by atoms with E-state index < -0.39 is 0 Å². The lowest BCUT2D eigenvalue weighted by Crippen LogP contribution is -2.48. The molecule has 3 rings (SSSR count). The van der Waals surface area contributed by atoms with Gasteiger partial charge in [0.1, 0.15) is 0 Å². The summed E-state index contributed by atoms with van der Waals surface area (Å²) in [6.45, 7) is 1.68. The van der Waals surface area contributed by atoms with Crippen LogP contribution in [0.4, 0.5) is 0 Å². The summed E-state index contributed by atoms with van der Waals surface area (Å²) in [7, 11) is 0. The number of nitrogens with one attached hydrogen (secondary N) is 2. The van der Waals surface area contributed by atoms with Gasteiger partial charge in [0.05, 0.1) is 13.1 Å². The highest BCUT2D eigenvalue weighted by Gasteiger charge is 2.24. The third kappa shape index (κ3) is 6.60. The second kappa shape index (κ2) is 11.2. The lowest BCUT2D eigenvalue weighted by atomic mass is 9.94. The number of rotatable bonds is 8. The van der Waals surface area contributed by atoms with Crippen molar-refractivity contribution in [2.45, 2.75) is 51.1 Å². The molecule has 1 aromatic heterocycles. The number of hydrogen-bond donors (Lipinski definition) is 2. The van der Waals surface area contributed by atoms with Crippen LogP contribution in [-0.2, 0) is 17.8 Å². The number of carbonyl (C=O) groups is 1. The number of nitrogens with zero attached hydrogens (tertiary/aromatic N) is 1. The van der Waals surface area contributed by atoms with E-state index in [2.05, 4.69) is 45.2 Å². The third-order valence-electron chi connectivity index (χ3n) is 5.16. The lowest BCUT2D eigenvalue weighted by molar-refractivity contribution is -0.120. The average molecular weight is 416 g/mol. The number of hydrogen-bond acceptors (Lipinski definition) is 3.